The highest BCUT2D eigenvalue weighted by Crippen LogP contribution is 2.26. The number of ether oxygens (including phenoxy) is 1. The Morgan fingerprint density at radius 1 is 1.00 bits per heavy atom. The Morgan fingerprint density at radius 3 is 2.19 bits per heavy atom. The second-order valence-corrected chi connectivity index (χ2v) is 9.28. The second kappa shape index (κ2) is 10.3. The maximum Gasteiger partial charge on any atom is 0.264 e. The summed E-state index contributed by atoms with van der Waals surface area (Å²) in [6.45, 7) is 3.59. The third-order valence-electron chi connectivity index (χ3n) is 5.23. The molecule has 1 amide bonds. The lowest BCUT2D eigenvalue weighted by atomic mass is 10.0. The number of carbonyl (C=O) groups is 1. The van der Waals surface area contributed by atoms with Gasteiger partial charge < -0.3 is 10.1 Å². The van der Waals surface area contributed by atoms with Crippen molar-refractivity contribution in [3.05, 3.63) is 90.0 Å². The van der Waals surface area contributed by atoms with Gasteiger partial charge in [-0.3, -0.25) is 9.10 Å². The van der Waals surface area contributed by atoms with Gasteiger partial charge in [-0.2, -0.15) is 0 Å². The molecule has 0 unspecified atom stereocenters. The molecule has 0 aliphatic rings. The minimum Gasteiger partial charge on any atom is -0.496 e. The number of carbonyl (C=O) groups excluding carboxylic acids is 1. The van der Waals surface area contributed by atoms with E-state index in [4.69, 9.17) is 4.74 Å². The van der Waals surface area contributed by atoms with E-state index >= 15 is 0 Å². The van der Waals surface area contributed by atoms with Gasteiger partial charge in [0.25, 0.3) is 10.0 Å². The molecule has 0 saturated carbocycles. The summed E-state index contributed by atoms with van der Waals surface area (Å²) in [4.78, 5) is 13.1. The van der Waals surface area contributed by atoms with E-state index in [1.54, 1.807) is 55.6 Å². The predicted molar refractivity (Wildman–Crippen MR) is 126 cm³/mol. The molecule has 6 nitrogen and oxygen atoms in total. The first kappa shape index (κ1) is 23.3. The molecule has 168 valence electrons. The standard InChI is InChI=1S/C25H28N2O4S/c1-4-23(20-15-16-24(31-3)19(2)17-20)26-25(28)18-27(21-11-7-5-8-12-21)32(29,30)22-13-9-6-10-14-22/h5-17,23H,4,18H2,1-3H3,(H,26,28)/t23-/m1/s1. The van der Waals surface area contributed by atoms with Crippen molar-refractivity contribution in [1.29, 1.82) is 0 Å². The van der Waals surface area contributed by atoms with Gasteiger partial charge in [0.2, 0.25) is 5.91 Å². The third kappa shape index (κ3) is 5.29. The lowest BCUT2D eigenvalue weighted by molar-refractivity contribution is -0.120. The topological polar surface area (TPSA) is 75.7 Å². The van der Waals surface area contributed by atoms with Crippen molar-refractivity contribution in [1.82, 2.24) is 5.32 Å². The monoisotopic (exact) mass is 452 g/mol. The van der Waals surface area contributed by atoms with Crippen LogP contribution in [0.5, 0.6) is 5.75 Å². The van der Waals surface area contributed by atoms with E-state index in [9.17, 15) is 13.2 Å². The average Bonchev–Trinajstić information content (AvgIpc) is 2.82. The number of sulfonamides is 1. The quantitative estimate of drug-likeness (QED) is 0.520. The molecule has 3 aromatic carbocycles. The molecule has 0 aliphatic carbocycles. The van der Waals surface area contributed by atoms with Crippen LogP contribution in [0.4, 0.5) is 5.69 Å². The lowest BCUT2D eigenvalue weighted by Gasteiger charge is -2.26. The number of rotatable bonds is 9. The van der Waals surface area contributed by atoms with Crippen LogP contribution in [0.25, 0.3) is 0 Å². The molecule has 0 saturated heterocycles. The maximum atomic E-state index is 13.3. The number of amides is 1. The zero-order valence-electron chi connectivity index (χ0n) is 18.5. The summed E-state index contributed by atoms with van der Waals surface area (Å²) in [5.74, 6) is 0.396. The zero-order valence-corrected chi connectivity index (χ0v) is 19.3. The van der Waals surface area contributed by atoms with E-state index in [2.05, 4.69) is 5.32 Å². The molecule has 0 heterocycles. The van der Waals surface area contributed by atoms with E-state index in [0.29, 0.717) is 12.1 Å². The summed E-state index contributed by atoms with van der Waals surface area (Å²) in [6.07, 6.45) is 0.661. The number of benzene rings is 3. The van der Waals surface area contributed by atoms with Gasteiger partial charge in [0.1, 0.15) is 12.3 Å². The van der Waals surface area contributed by atoms with Gasteiger partial charge in [-0.25, -0.2) is 8.42 Å². The summed E-state index contributed by atoms with van der Waals surface area (Å²) in [7, 11) is -2.30. The van der Waals surface area contributed by atoms with E-state index in [-0.39, 0.29) is 23.4 Å². The number of hydrogen-bond acceptors (Lipinski definition) is 4. The first-order valence-electron chi connectivity index (χ1n) is 10.4. The minimum atomic E-state index is -3.92. The fraction of sp³-hybridized carbons (Fsp3) is 0.240. The molecular formula is C25H28N2O4S. The molecule has 0 spiro atoms. The Morgan fingerprint density at radius 2 is 1.62 bits per heavy atom. The number of para-hydroxylation sites is 1. The van der Waals surface area contributed by atoms with Gasteiger partial charge in [-0.05, 0) is 54.8 Å². The number of nitrogens with one attached hydrogen (secondary N) is 1. The van der Waals surface area contributed by atoms with Gasteiger partial charge in [0.15, 0.2) is 0 Å². The van der Waals surface area contributed by atoms with Gasteiger partial charge in [0.05, 0.1) is 23.7 Å². The lowest BCUT2D eigenvalue weighted by Crippen LogP contribution is -2.42. The molecule has 1 N–H and O–H groups in total. The Bertz CT molecular complexity index is 1150. The highest BCUT2D eigenvalue weighted by molar-refractivity contribution is 7.92. The van der Waals surface area contributed by atoms with Crippen LogP contribution in [-0.4, -0.2) is 28.0 Å². The van der Waals surface area contributed by atoms with Crippen molar-refractivity contribution in [2.45, 2.75) is 31.2 Å². The van der Waals surface area contributed by atoms with Crippen molar-refractivity contribution in [2.24, 2.45) is 0 Å². The Labute approximate surface area is 189 Å². The van der Waals surface area contributed by atoms with Crippen LogP contribution in [-0.2, 0) is 14.8 Å². The minimum absolute atomic E-state index is 0.134. The number of methoxy groups -OCH3 is 1. The molecular weight excluding hydrogens is 424 g/mol. The predicted octanol–water partition coefficient (Wildman–Crippen LogP) is 4.47. The summed E-state index contributed by atoms with van der Waals surface area (Å²) in [5, 5.41) is 2.99. The van der Waals surface area contributed by atoms with Crippen molar-refractivity contribution >= 4 is 21.6 Å². The van der Waals surface area contributed by atoms with E-state index in [1.165, 1.54) is 12.1 Å². The maximum absolute atomic E-state index is 13.3. The number of hydrogen-bond donors (Lipinski definition) is 1. The smallest absolute Gasteiger partial charge is 0.264 e. The number of nitrogens with zero attached hydrogens (tertiary/aromatic N) is 1. The fourth-order valence-corrected chi connectivity index (χ4v) is 4.98. The molecule has 0 aliphatic heterocycles. The van der Waals surface area contributed by atoms with Gasteiger partial charge in [-0.1, -0.05) is 55.5 Å². The second-order valence-electron chi connectivity index (χ2n) is 7.42. The molecule has 1 atom stereocenters. The number of anilines is 1. The third-order valence-corrected chi connectivity index (χ3v) is 7.02. The molecule has 0 fully saturated rings. The highest BCUT2D eigenvalue weighted by atomic mass is 32.2. The molecule has 0 bridgehead atoms. The first-order chi connectivity index (χ1) is 15.4. The Balaban J connectivity index is 1.86. The van der Waals surface area contributed by atoms with Crippen LogP contribution in [0, 0.1) is 6.92 Å². The van der Waals surface area contributed by atoms with Crippen LogP contribution >= 0.6 is 0 Å². The zero-order chi connectivity index (χ0) is 23.1. The summed E-state index contributed by atoms with van der Waals surface area (Å²) in [5.41, 5.74) is 2.34. The van der Waals surface area contributed by atoms with Crippen molar-refractivity contribution in [2.75, 3.05) is 18.0 Å². The van der Waals surface area contributed by atoms with Crippen LogP contribution < -0.4 is 14.4 Å². The summed E-state index contributed by atoms with van der Waals surface area (Å²) < 4.78 is 33.1. The van der Waals surface area contributed by atoms with Gasteiger partial charge >= 0.3 is 0 Å². The van der Waals surface area contributed by atoms with E-state index < -0.39 is 10.0 Å². The Kier molecular flexibility index (Phi) is 7.53. The summed E-state index contributed by atoms with van der Waals surface area (Å²) >= 11 is 0. The molecule has 3 rings (SSSR count). The van der Waals surface area contributed by atoms with E-state index in [0.717, 1.165) is 21.2 Å². The largest absolute Gasteiger partial charge is 0.496 e. The van der Waals surface area contributed by atoms with Crippen molar-refractivity contribution in [3.63, 3.8) is 0 Å². The van der Waals surface area contributed by atoms with Gasteiger partial charge in [0, 0.05) is 0 Å². The molecule has 0 radical (unpaired) electrons. The fourth-order valence-electron chi connectivity index (χ4n) is 3.54. The van der Waals surface area contributed by atoms with Gasteiger partial charge in [-0.15, -0.1) is 0 Å². The van der Waals surface area contributed by atoms with E-state index in [1.807, 2.05) is 32.0 Å². The number of aryl methyl sites for hydroxylation is 1. The molecule has 0 aromatic heterocycles. The van der Waals surface area contributed by atoms with Crippen molar-refractivity contribution in [3.8, 4) is 5.75 Å². The first-order valence-corrected chi connectivity index (χ1v) is 11.9. The highest BCUT2D eigenvalue weighted by Gasteiger charge is 2.27. The van der Waals surface area contributed by atoms with Crippen LogP contribution in [0.3, 0.4) is 0 Å². The Hall–Kier alpha value is -3.32. The average molecular weight is 453 g/mol. The van der Waals surface area contributed by atoms with Crippen LogP contribution in [0.2, 0.25) is 0 Å². The molecule has 32 heavy (non-hydrogen) atoms. The van der Waals surface area contributed by atoms with Crippen LogP contribution in [0.15, 0.2) is 83.8 Å². The normalized spacial score (nSPS) is 12.1. The van der Waals surface area contributed by atoms with Crippen molar-refractivity contribution < 1.29 is 17.9 Å². The SMILES string of the molecule is CC[C@@H](NC(=O)CN(c1ccccc1)S(=O)(=O)c1ccccc1)c1ccc(OC)c(C)c1. The summed E-state index contributed by atoms with van der Waals surface area (Å²) in [6, 6.07) is 22.3. The molecule has 7 heteroatoms. The van der Waals surface area contributed by atoms with Crippen LogP contribution in [0.1, 0.15) is 30.5 Å². The molecule has 3 aromatic rings.